The molecule has 4 heteroatoms. The summed E-state index contributed by atoms with van der Waals surface area (Å²) >= 11 is 0. The molecule has 0 amide bonds. The Balaban J connectivity index is 0.981. The summed E-state index contributed by atoms with van der Waals surface area (Å²) < 4.78 is 11.6. The predicted octanol–water partition coefficient (Wildman–Crippen LogP) is 16.8. The van der Waals surface area contributed by atoms with Gasteiger partial charge in [-0.05, 0) is 132 Å². The van der Waals surface area contributed by atoms with Crippen molar-refractivity contribution in [1.82, 2.24) is 9.13 Å². The van der Waals surface area contributed by atoms with Crippen molar-refractivity contribution in [3.63, 3.8) is 0 Å². The van der Waals surface area contributed by atoms with Crippen LogP contribution in [0.3, 0.4) is 0 Å². The van der Waals surface area contributed by atoms with Crippen molar-refractivity contribution in [2.45, 2.75) is 51.5 Å². The van der Waals surface area contributed by atoms with E-state index in [1.165, 1.54) is 88.0 Å². The number of nitrogens with zero attached hydrogens (tertiary/aromatic N) is 3. The molecule has 1 atom stereocenters. The fourth-order valence-corrected chi connectivity index (χ4v) is 11.4. The Morgan fingerprint density at radius 3 is 1.91 bits per heavy atom. The van der Waals surface area contributed by atoms with Gasteiger partial charge in [0.05, 0.1) is 33.8 Å². The molecule has 8 aromatic carbocycles. The maximum Gasteiger partial charge on any atom is 0.136 e. The molecule has 67 heavy (non-hydrogen) atoms. The molecule has 4 nitrogen and oxygen atoms in total. The van der Waals surface area contributed by atoms with Gasteiger partial charge < -0.3 is 13.6 Å². The van der Waals surface area contributed by atoms with E-state index in [0.717, 1.165) is 72.5 Å². The fourth-order valence-electron chi connectivity index (χ4n) is 11.4. The average molecular weight is 864 g/mol. The quantitative estimate of drug-likeness (QED) is 0.157. The van der Waals surface area contributed by atoms with Crippen LogP contribution >= 0.6 is 0 Å². The number of hydrogen-bond acceptors (Lipinski definition) is 2. The minimum atomic E-state index is -0.0235. The van der Waals surface area contributed by atoms with Crippen molar-refractivity contribution in [2.75, 3.05) is 0 Å². The van der Waals surface area contributed by atoms with E-state index in [4.69, 9.17) is 9.41 Å². The number of hydrogen-bond donors (Lipinski definition) is 0. The fraction of sp³-hybridized carbons (Fsp3) is 0.127. The van der Waals surface area contributed by atoms with Gasteiger partial charge in [-0.1, -0.05) is 146 Å². The number of allylic oxidation sites excluding steroid dienone is 3. The summed E-state index contributed by atoms with van der Waals surface area (Å²) in [5.41, 5.74) is 19.1. The Kier molecular flexibility index (Phi) is 9.52. The van der Waals surface area contributed by atoms with E-state index >= 15 is 0 Å². The highest BCUT2D eigenvalue weighted by Crippen LogP contribution is 2.44. The van der Waals surface area contributed by atoms with Crippen LogP contribution in [0.2, 0.25) is 0 Å². The highest BCUT2D eigenvalue weighted by atomic mass is 16.3. The molecule has 0 saturated carbocycles. The Hall–Kier alpha value is -7.95. The minimum Gasteiger partial charge on any atom is -0.460 e. The Bertz CT molecular complexity index is 3800. The highest BCUT2D eigenvalue weighted by Gasteiger charge is 2.26. The van der Waals surface area contributed by atoms with Crippen LogP contribution in [0.4, 0.5) is 0 Å². The third-order valence-corrected chi connectivity index (χ3v) is 14.4. The number of aryl methyl sites for hydroxylation is 1. The lowest BCUT2D eigenvalue weighted by atomic mass is 9.84. The molecule has 11 aromatic rings. The topological polar surface area (TPSA) is 35.4 Å². The zero-order valence-electron chi connectivity index (χ0n) is 37.6. The summed E-state index contributed by atoms with van der Waals surface area (Å²) in [6, 6.07) is 69.0. The van der Waals surface area contributed by atoms with Gasteiger partial charge in [0.2, 0.25) is 0 Å². The van der Waals surface area contributed by atoms with Crippen LogP contribution in [0.25, 0.3) is 88.7 Å². The molecule has 1 unspecified atom stereocenters. The molecule has 322 valence electrons. The van der Waals surface area contributed by atoms with Crippen molar-refractivity contribution in [3.05, 3.63) is 228 Å². The van der Waals surface area contributed by atoms with Crippen LogP contribution < -0.4 is 0 Å². The zero-order chi connectivity index (χ0) is 44.4. The lowest BCUT2D eigenvalue weighted by Gasteiger charge is -2.25. The van der Waals surface area contributed by atoms with Gasteiger partial charge in [-0.3, -0.25) is 4.99 Å². The molecule has 1 aliphatic heterocycles. The number of aromatic nitrogens is 2. The molecular weight excluding hydrogens is 815 g/mol. The second kappa shape index (κ2) is 16.2. The van der Waals surface area contributed by atoms with Crippen LogP contribution in [-0.4, -0.2) is 14.8 Å². The molecular formula is C63H49N3O. The summed E-state index contributed by atoms with van der Waals surface area (Å²) in [6.45, 7) is 2.30. The van der Waals surface area contributed by atoms with Crippen molar-refractivity contribution >= 4 is 71.9 Å². The van der Waals surface area contributed by atoms with E-state index in [2.05, 4.69) is 216 Å². The van der Waals surface area contributed by atoms with Gasteiger partial charge in [0.25, 0.3) is 0 Å². The van der Waals surface area contributed by atoms with Gasteiger partial charge in [-0.15, -0.1) is 0 Å². The van der Waals surface area contributed by atoms with Crippen LogP contribution in [0.15, 0.2) is 209 Å². The number of para-hydroxylation sites is 3. The molecule has 0 saturated heterocycles. The summed E-state index contributed by atoms with van der Waals surface area (Å²) in [7, 11) is 0. The standard InChI is InChI=1S/C63H49N3O/c1-2-47-48(44-37-52(41-20-6-3-7-21-41)62-51-30-14-17-35-60(51)67-61(62)38-44)31-19-32-55(64-63(47)42-22-8-4-9-23-42)43-24-18-27-46(36-43)66-57-34-16-13-29-50(57)54-39-53-49-28-12-15-33-56(49)65(58(53)40-59(54)66)45-25-10-5-11-26-45/h3-16,18,20-30,33-34,36-40,55H,2,17,19,31-32,35H2,1H3. The van der Waals surface area contributed by atoms with Gasteiger partial charge >= 0.3 is 0 Å². The summed E-state index contributed by atoms with van der Waals surface area (Å²) in [4.78, 5) is 5.87. The van der Waals surface area contributed by atoms with E-state index in [1.807, 2.05) is 0 Å². The number of benzene rings is 8. The van der Waals surface area contributed by atoms with Gasteiger partial charge in [-0.2, -0.15) is 0 Å². The lowest BCUT2D eigenvalue weighted by Crippen LogP contribution is -2.13. The third-order valence-electron chi connectivity index (χ3n) is 14.4. The first-order valence-electron chi connectivity index (χ1n) is 24.0. The van der Waals surface area contributed by atoms with Crippen molar-refractivity contribution in [1.29, 1.82) is 0 Å². The first-order valence-corrected chi connectivity index (χ1v) is 24.0. The summed E-state index contributed by atoms with van der Waals surface area (Å²) in [5, 5.41) is 6.24. The third kappa shape index (κ3) is 6.54. The number of fused-ring (bicyclic) bond motifs is 9. The van der Waals surface area contributed by atoms with Gasteiger partial charge in [-0.25, -0.2) is 0 Å². The van der Waals surface area contributed by atoms with Crippen LogP contribution in [0.1, 0.15) is 73.1 Å². The largest absolute Gasteiger partial charge is 0.460 e. The zero-order valence-corrected chi connectivity index (χ0v) is 37.6. The molecule has 0 spiro atoms. The maximum absolute atomic E-state index is 6.74. The van der Waals surface area contributed by atoms with E-state index in [9.17, 15) is 0 Å². The first kappa shape index (κ1) is 39.4. The molecule has 4 heterocycles. The van der Waals surface area contributed by atoms with Crippen molar-refractivity contribution < 1.29 is 4.42 Å². The summed E-state index contributed by atoms with van der Waals surface area (Å²) in [5.74, 6) is 1.09. The normalized spacial score (nSPS) is 15.4. The molecule has 0 fully saturated rings. The van der Waals surface area contributed by atoms with E-state index in [0.29, 0.717) is 0 Å². The number of rotatable bonds is 7. The Morgan fingerprint density at radius 2 is 1.19 bits per heavy atom. The lowest BCUT2D eigenvalue weighted by molar-refractivity contribution is 0.546. The molecule has 3 aromatic heterocycles. The van der Waals surface area contributed by atoms with Crippen molar-refractivity contribution in [2.24, 2.45) is 4.99 Å². The molecule has 1 aliphatic carbocycles. The molecule has 0 bridgehead atoms. The first-order chi connectivity index (χ1) is 33.2. The Morgan fingerprint density at radius 1 is 0.552 bits per heavy atom. The second-order valence-corrected chi connectivity index (χ2v) is 18.2. The van der Waals surface area contributed by atoms with Crippen LogP contribution in [-0.2, 0) is 6.42 Å². The molecule has 13 rings (SSSR count). The molecule has 2 aliphatic rings. The van der Waals surface area contributed by atoms with E-state index in [1.54, 1.807) is 0 Å². The molecule has 0 N–H and O–H groups in total. The SMILES string of the molecule is CCC1=C(c2cc(-c3ccccc3)c3c4c(oc3c2)CCC=C4)CCCC(c2cccc(-n3c4ccccc4c4cc5c6ccccc6n(-c6ccccc6)c5cc43)c2)N=C1c1ccccc1. The van der Waals surface area contributed by atoms with Gasteiger partial charge in [0.1, 0.15) is 11.3 Å². The van der Waals surface area contributed by atoms with Crippen LogP contribution in [0, 0.1) is 0 Å². The van der Waals surface area contributed by atoms with Crippen molar-refractivity contribution in [3.8, 4) is 22.5 Å². The Labute approximate surface area is 390 Å². The smallest absolute Gasteiger partial charge is 0.136 e. The minimum absolute atomic E-state index is 0.0235. The van der Waals surface area contributed by atoms with E-state index in [-0.39, 0.29) is 6.04 Å². The number of aliphatic imine (C=N–C) groups is 1. The maximum atomic E-state index is 6.74. The molecule has 0 radical (unpaired) electrons. The monoisotopic (exact) mass is 863 g/mol. The second-order valence-electron chi connectivity index (χ2n) is 18.2. The van der Waals surface area contributed by atoms with Crippen LogP contribution in [0.5, 0.6) is 0 Å². The summed E-state index contributed by atoms with van der Waals surface area (Å²) in [6.07, 6.45) is 10.2. The van der Waals surface area contributed by atoms with Gasteiger partial charge in [0.15, 0.2) is 0 Å². The van der Waals surface area contributed by atoms with Gasteiger partial charge in [0, 0.05) is 50.3 Å². The highest BCUT2D eigenvalue weighted by molar-refractivity contribution is 6.20. The number of furan rings is 1. The predicted molar refractivity (Wildman–Crippen MR) is 281 cm³/mol. The van der Waals surface area contributed by atoms with E-state index < -0.39 is 0 Å². The average Bonchev–Trinajstić information content (AvgIpc) is 4.03.